The van der Waals surface area contributed by atoms with Gasteiger partial charge in [-0.3, -0.25) is 9.59 Å². The standard InChI is InChI=1S/C20H21ClN4O3/c1-12(22-19(27)16-4-2-3-5-17(16)21)18(26)23-13-6-8-14(9-7-13)24-20(28)25-15-10-11-15/h2-9,12,15H,10-11H2,1H3,(H,22,27)(H,23,26)(H2,24,25,28). The number of anilines is 2. The van der Waals surface area contributed by atoms with Crippen molar-refractivity contribution in [2.75, 3.05) is 10.6 Å². The first-order valence-electron chi connectivity index (χ1n) is 8.96. The predicted octanol–water partition coefficient (Wildman–Crippen LogP) is 3.38. The Morgan fingerprint density at radius 3 is 2.18 bits per heavy atom. The highest BCUT2D eigenvalue weighted by Gasteiger charge is 2.23. The molecule has 0 radical (unpaired) electrons. The van der Waals surface area contributed by atoms with Crippen molar-refractivity contribution in [1.29, 1.82) is 0 Å². The number of amides is 4. The summed E-state index contributed by atoms with van der Waals surface area (Å²) in [6.45, 7) is 1.59. The molecule has 8 heteroatoms. The molecule has 1 fully saturated rings. The van der Waals surface area contributed by atoms with E-state index in [1.54, 1.807) is 55.5 Å². The van der Waals surface area contributed by atoms with E-state index >= 15 is 0 Å². The molecule has 1 unspecified atom stereocenters. The molecule has 2 aromatic rings. The van der Waals surface area contributed by atoms with Gasteiger partial charge in [0.25, 0.3) is 5.91 Å². The van der Waals surface area contributed by atoms with Gasteiger partial charge in [0.1, 0.15) is 6.04 Å². The van der Waals surface area contributed by atoms with Gasteiger partial charge < -0.3 is 21.3 Å². The number of rotatable bonds is 6. The van der Waals surface area contributed by atoms with Gasteiger partial charge in [0, 0.05) is 17.4 Å². The van der Waals surface area contributed by atoms with Crippen molar-refractivity contribution in [2.24, 2.45) is 0 Å². The first kappa shape index (κ1) is 19.7. The second kappa shape index (κ2) is 8.75. The van der Waals surface area contributed by atoms with Crippen molar-refractivity contribution < 1.29 is 14.4 Å². The van der Waals surface area contributed by atoms with Crippen molar-refractivity contribution >= 4 is 40.8 Å². The molecule has 3 rings (SSSR count). The number of nitrogens with one attached hydrogen (secondary N) is 4. The van der Waals surface area contributed by atoms with Crippen LogP contribution in [0.1, 0.15) is 30.1 Å². The first-order valence-corrected chi connectivity index (χ1v) is 9.34. The Balaban J connectivity index is 1.51. The number of hydrogen-bond acceptors (Lipinski definition) is 3. The number of urea groups is 1. The Hall–Kier alpha value is -3.06. The van der Waals surface area contributed by atoms with Crippen LogP contribution in [0.3, 0.4) is 0 Å². The second-order valence-corrected chi connectivity index (χ2v) is 7.02. The molecular weight excluding hydrogens is 380 g/mol. The van der Waals surface area contributed by atoms with Gasteiger partial charge in [-0.15, -0.1) is 0 Å². The Labute approximate surface area is 167 Å². The van der Waals surface area contributed by atoms with Crippen LogP contribution in [0, 0.1) is 0 Å². The summed E-state index contributed by atoms with van der Waals surface area (Å²) in [6.07, 6.45) is 2.03. The SMILES string of the molecule is CC(NC(=O)c1ccccc1Cl)C(=O)Nc1ccc(NC(=O)NC2CC2)cc1. The predicted molar refractivity (Wildman–Crippen MR) is 109 cm³/mol. The fourth-order valence-corrected chi connectivity index (χ4v) is 2.67. The molecule has 0 aliphatic heterocycles. The zero-order chi connectivity index (χ0) is 20.1. The fraction of sp³-hybridized carbons (Fsp3) is 0.250. The average Bonchev–Trinajstić information content (AvgIpc) is 3.47. The molecule has 1 atom stereocenters. The van der Waals surface area contributed by atoms with Gasteiger partial charge in [0.2, 0.25) is 5.91 Å². The lowest BCUT2D eigenvalue weighted by Crippen LogP contribution is -2.41. The summed E-state index contributed by atoms with van der Waals surface area (Å²) in [6, 6.07) is 12.6. The van der Waals surface area contributed by atoms with Gasteiger partial charge in [-0.1, -0.05) is 23.7 Å². The van der Waals surface area contributed by atoms with Crippen molar-refractivity contribution in [3.63, 3.8) is 0 Å². The number of carbonyl (C=O) groups excluding carboxylic acids is 3. The average molecular weight is 401 g/mol. The third kappa shape index (κ3) is 5.47. The smallest absolute Gasteiger partial charge is 0.319 e. The van der Waals surface area contributed by atoms with Gasteiger partial charge in [-0.25, -0.2) is 4.79 Å². The van der Waals surface area contributed by atoms with Crippen LogP contribution < -0.4 is 21.3 Å². The monoisotopic (exact) mass is 400 g/mol. The highest BCUT2D eigenvalue weighted by molar-refractivity contribution is 6.33. The minimum atomic E-state index is -0.758. The number of carbonyl (C=O) groups is 3. The van der Waals surface area contributed by atoms with E-state index in [0.717, 1.165) is 12.8 Å². The summed E-state index contributed by atoms with van der Waals surface area (Å²) in [7, 11) is 0. The molecule has 0 heterocycles. The van der Waals surface area contributed by atoms with Gasteiger partial charge in [0.15, 0.2) is 0 Å². The summed E-state index contributed by atoms with van der Waals surface area (Å²) in [5.41, 5.74) is 1.48. The van der Waals surface area contributed by atoms with Gasteiger partial charge in [0.05, 0.1) is 10.6 Å². The summed E-state index contributed by atoms with van der Waals surface area (Å²) in [5, 5.41) is 11.2. The first-order chi connectivity index (χ1) is 13.4. The maximum Gasteiger partial charge on any atom is 0.319 e. The van der Waals surface area contributed by atoms with Crippen LogP contribution in [0.2, 0.25) is 5.02 Å². The van der Waals surface area contributed by atoms with E-state index in [-0.39, 0.29) is 18.0 Å². The summed E-state index contributed by atoms with van der Waals surface area (Å²) in [4.78, 5) is 36.3. The van der Waals surface area contributed by atoms with Crippen molar-refractivity contribution in [1.82, 2.24) is 10.6 Å². The third-order valence-electron chi connectivity index (χ3n) is 4.18. The Morgan fingerprint density at radius 1 is 0.964 bits per heavy atom. The molecule has 4 amide bonds. The maximum atomic E-state index is 12.3. The van der Waals surface area contributed by atoms with Crippen LogP contribution in [0.15, 0.2) is 48.5 Å². The van der Waals surface area contributed by atoms with E-state index in [2.05, 4.69) is 21.3 Å². The molecule has 2 aromatic carbocycles. The van der Waals surface area contributed by atoms with E-state index in [1.807, 2.05) is 0 Å². The molecule has 4 N–H and O–H groups in total. The lowest BCUT2D eigenvalue weighted by Gasteiger charge is -2.15. The highest BCUT2D eigenvalue weighted by Crippen LogP contribution is 2.19. The Bertz CT molecular complexity index is 881. The summed E-state index contributed by atoms with van der Waals surface area (Å²) >= 11 is 6.00. The topological polar surface area (TPSA) is 99.3 Å². The zero-order valence-corrected chi connectivity index (χ0v) is 16.0. The van der Waals surface area contributed by atoms with E-state index in [9.17, 15) is 14.4 Å². The quantitative estimate of drug-likeness (QED) is 0.598. The van der Waals surface area contributed by atoms with Crippen LogP contribution in [0.4, 0.5) is 16.2 Å². The molecular formula is C20H21ClN4O3. The summed E-state index contributed by atoms with van der Waals surface area (Å²) in [5.74, 6) is -0.790. The van der Waals surface area contributed by atoms with E-state index in [0.29, 0.717) is 22.0 Å². The Kier molecular flexibility index (Phi) is 6.16. The molecule has 1 aliphatic rings. The molecule has 146 valence electrons. The lowest BCUT2D eigenvalue weighted by molar-refractivity contribution is -0.117. The minimum Gasteiger partial charge on any atom is -0.340 e. The van der Waals surface area contributed by atoms with Gasteiger partial charge >= 0.3 is 6.03 Å². The zero-order valence-electron chi connectivity index (χ0n) is 15.3. The molecule has 0 spiro atoms. The number of hydrogen-bond donors (Lipinski definition) is 4. The molecule has 7 nitrogen and oxygen atoms in total. The van der Waals surface area contributed by atoms with E-state index < -0.39 is 11.9 Å². The van der Waals surface area contributed by atoms with Crippen LogP contribution in [0.25, 0.3) is 0 Å². The Morgan fingerprint density at radius 2 is 1.57 bits per heavy atom. The number of benzene rings is 2. The van der Waals surface area contributed by atoms with Gasteiger partial charge in [-0.2, -0.15) is 0 Å². The van der Waals surface area contributed by atoms with Crippen LogP contribution >= 0.6 is 11.6 Å². The molecule has 0 aromatic heterocycles. The van der Waals surface area contributed by atoms with Crippen LogP contribution in [-0.2, 0) is 4.79 Å². The lowest BCUT2D eigenvalue weighted by atomic mass is 10.2. The summed E-state index contributed by atoms with van der Waals surface area (Å²) < 4.78 is 0. The number of halogens is 1. The second-order valence-electron chi connectivity index (χ2n) is 6.61. The van der Waals surface area contributed by atoms with Crippen LogP contribution in [0.5, 0.6) is 0 Å². The highest BCUT2D eigenvalue weighted by atomic mass is 35.5. The van der Waals surface area contributed by atoms with E-state index in [4.69, 9.17) is 11.6 Å². The third-order valence-corrected chi connectivity index (χ3v) is 4.51. The molecule has 28 heavy (non-hydrogen) atoms. The maximum absolute atomic E-state index is 12.3. The molecule has 0 saturated heterocycles. The minimum absolute atomic E-state index is 0.241. The fourth-order valence-electron chi connectivity index (χ4n) is 2.45. The van der Waals surface area contributed by atoms with Gasteiger partial charge in [-0.05, 0) is 56.2 Å². The van der Waals surface area contributed by atoms with Crippen LogP contribution in [-0.4, -0.2) is 29.9 Å². The van der Waals surface area contributed by atoms with Crippen molar-refractivity contribution in [3.05, 3.63) is 59.1 Å². The normalized spacial score (nSPS) is 13.9. The largest absolute Gasteiger partial charge is 0.340 e. The van der Waals surface area contributed by atoms with Crippen molar-refractivity contribution in [3.8, 4) is 0 Å². The molecule has 1 saturated carbocycles. The van der Waals surface area contributed by atoms with E-state index in [1.165, 1.54) is 0 Å². The molecule has 0 bridgehead atoms. The van der Waals surface area contributed by atoms with Crippen molar-refractivity contribution in [2.45, 2.75) is 31.8 Å². The molecule has 1 aliphatic carbocycles.